The largest absolute Gasteiger partial charge is 0.316 e. The van der Waals surface area contributed by atoms with E-state index in [0.29, 0.717) is 12.2 Å². The molecule has 0 amide bonds. The fourth-order valence-electron chi connectivity index (χ4n) is 1.97. The summed E-state index contributed by atoms with van der Waals surface area (Å²) in [5.41, 5.74) is 2.16. The van der Waals surface area contributed by atoms with Crippen LogP contribution in [-0.4, -0.2) is 20.4 Å². The van der Waals surface area contributed by atoms with E-state index in [1.807, 2.05) is 20.0 Å². The molecule has 0 aliphatic heterocycles. The number of anilines is 1. The first-order valence-electron chi connectivity index (χ1n) is 6.20. The Bertz CT molecular complexity index is 685. The number of sulfonamides is 1. The lowest BCUT2D eigenvalue weighted by Gasteiger charge is -2.13. The third kappa shape index (κ3) is 3.15. The number of hydrogen-bond acceptors (Lipinski definition) is 4. The van der Waals surface area contributed by atoms with Gasteiger partial charge in [-0.3, -0.25) is 9.71 Å². The molecule has 0 saturated carbocycles. The highest BCUT2D eigenvalue weighted by Crippen LogP contribution is 2.21. The van der Waals surface area contributed by atoms with E-state index in [1.54, 1.807) is 30.5 Å². The van der Waals surface area contributed by atoms with Crippen LogP contribution in [0.4, 0.5) is 5.69 Å². The number of hydrogen-bond donors (Lipinski definition) is 2. The van der Waals surface area contributed by atoms with Crippen LogP contribution >= 0.6 is 0 Å². The molecule has 0 bridgehead atoms. The van der Waals surface area contributed by atoms with E-state index in [-0.39, 0.29) is 4.90 Å². The molecule has 2 rings (SSSR count). The van der Waals surface area contributed by atoms with Crippen molar-refractivity contribution in [3.05, 3.63) is 53.9 Å². The fourth-order valence-corrected chi connectivity index (χ4v) is 3.30. The van der Waals surface area contributed by atoms with E-state index in [2.05, 4.69) is 15.0 Å². The first-order chi connectivity index (χ1) is 9.54. The molecular formula is C14H17N3O2S. The van der Waals surface area contributed by atoms with E-state index in [1.165, 1.54) is 6.20 Å². The smallest absolute Gasteiger partial charge is 0.262 e. The third-order valence-electron chi connectivity index (χ3n) is 2.97. The fraction of sp³-hybridized carbons (Fsp3) is 0.214. The van der Waals surface area contributed by atoms with Crippen molar-refractivity contribution in [1.29, 1.82) is 0 Å². The van der Waals surface area contributed by atoms with Gasteiger partial charge in [-0.1, -0.05) is 12.1 Å². The number of nitrogens with zero attached hydrogens (tertiary/aromatic N) is 1. The summed E-state index contributed by atoms with van der Waals surface area (Å²) in [6.07, 6.45) is 3.07. The van der Waals surface area contributed by atoms with Crippen LogP contribution in [0.3, 0.4) is 0 Å². The van der Waals surface area contributed by atoms with Gasteiger partial charge in [-0.05, 0) is 43.3 Å². The lowest BCUT2D eigenvalue weighted by molar-refractivity contribution is 0.600. The van der Waals surface area contributed by atoms with Crippen LogP contribution in [0.5, 0.6) is 0 Å². The predicted octanol–water partition coefficient (Wildman–Crippen LogP) is 1.91. The Hall–Kier alpha value is -1.92. The number of aromatic nitrogens is 1. The Morgan fingerprint density at radius 3 is 2.65 bits per heavy atom. The van der Waals surface area contributed by atoms with E-state index >= 15 is 0 Å². The van der Waals surface area contributed by atoms with Gasteiger partial charge in [-0.15, -0.1) is 0 Å². The molecule has 2 aromatic rings. The van der Waals surface area contributed by atoms with Crippen molar-refractivity contribution < 1.29 is 8.42 Å². The molecule has 0 unspecified atom stereocenters. The molecular weight excluding hydrogens is 274 g/mol. The number of pyridine rings is 1. The lowest BCUT2D eigenvalue weighted by atomic mass is 10.1. The summed E-state index contributed by atoms with van der Waals surface area (Å²) in [6, 6.07) is 8.61. The summed E-state index contributed by atoms with van der Waals surface area (Å²) >= 11 is 0. The van der Waals surface area contributed by atoms with Gasteiger partial charge in [-0.25, -0.2) is 8.42 Å². The minimum Gasteiger partial charge on any atom is -0.316 e. The van der Waals surface area contributed by atoms with E-state index in [4.69, 9.17) is 0 Å². The van der Waals surface area contributed by atoms with Gasteiger partial charge < -0.3 is 5.32 Å². The highest BCUT2D eigenvalue weighted by atomic mass is 32.2. The van der Waals surface area contributed by atoms with Gasteiger partial charge in [0.2, 0.25) is 0 Å². The maximum atomic E-state index is 12.4. The van der Waals surface area contributed by atoms with Crippen molar-refractivity contribution in [3.8, 4) is 0 Å². The van der Waals surface area contributed by atoms with Crippen molar-refractivity contribution in [2.45, 2.75) is 18.4 Å². The number of nitrogens with one attached hydrogen (secondary N) is 2. The van der Waals surface area contributed by atoms with Gasteiger partial charge in [0.05, 0.1) is 16.8 Å². The SMILES string of the molecule is CNCc1cccc(S(=O)(=O)Nc2cccnc2)c1C. The minimum atomic E-state index is -3.60. The normalized spacial score (nSPS) is 11.3. The second-order valence-electron chi connectivity index (χ2n) is 4.42. The highest BCUT2D eigenvalue weighted by molar-refractivity contribution is 7.92. The first kappa shape index (κ1) is 14.5. The molecule has 1 aromatic carbocycles. The minimum absolute atomic E-state index is 0.286. The molecule has 1 heterocycles. The van der Waals surface area contributed by atoms with Crippen LogP contribution in [0.15, 0.2) is 47.6 Å². The monoisotopic (exact) mass is 291 g/mol. The Kier molecular flexibility index (Phi) is 4.36. The maximum Gasteiger partial charge on any atom is 0.262 e. The van der Waals surface area contributed by atoms with Crippen LogP contribution in [0.1, 0.15) is 11.1 Å². The van der Waals surface area contributed by atoms with Crippen molar-refractivity contribution in [3.63, 3.8) is 0 Å². The molecule has 0 spiro atoms. The number of rotatable bonds is 5. The topological polar surface area (TPSA) is 71.1 Å². The van der Waals surface area contributed by atoms with E-state index in [0.717, 1.165) is 11.1 Å². The average molecular weight is 291 g/mol. The molecule has 6 heteroatoms. The van der Waals surface area contributed by atoms with Crippen LogP contribution in [-0.2, 0) is 16.6 Å². The predicted molar refractivity (Wildman–Crippen MR) is 79.0 cm³/mol. The molecule has 2 N–H and O–H groups in total. The summed E-state index contributed by atoms with van der Waals surface area (Å²) < 4.78 is 27.4. The Labute approximate surface area is 119 Å². The van der Waals surface area contributed by atoms with Crippen molar-refractivity contribution in [2.24, 2.45) is 0 Å². The molecule has 0 fully saturated rings. The lowest BCUT2D eigenvalue weighted by Crippen LogP contribution is -2.16. The van der Waals surface area contributed by atoms with Crippen LogP contribution in [0.2, 0.25) is 0 Å². The molecule has 20 heavy (non-hydrogen) atoms. The molecule has 5 nitrogen and oxygen atoms in total. The Balaban J connectivity index is 2.37. The molecule has 1 aromatic heterocycles. The zero-order valence-electron chi connectivity index (χ0n) is 11.4. The zero-order chi connectivity index (χ0) is 14.6. The van der Waals surface area contributed by atoms with E-state index < -0.39 is 10.0 Å². The van der Waals surface area contributed by atoms with Gasteiger partial charge in [0.25, 0.3) is 10.0 Å². The van der Waals surface area contributed by atoms with Gasteiger partial charge >= 0.3 is 0 Å². The summed E-state index contributed by atoms with van der Waals surface area (Å²) in [6.45, 7) is 2.44. The summed E-state index contributed by atoms with van der Waals surface area (Å²) in [5, 5.41) is 3.03. The average Bonchev–Trinajstić information content (AvgIpc) is 2.42. The van der Waals surface area contributed by atoms with Gasteiger partial charge in [0.15, 0.2) is 0 Å². The van der Waals surface area contributed by atoms with Crippen LogP contribution < -0.4 is 10.0 Å². The van der Waals surface area contributed by atoms with Crippen LogP contribution in [0.25, 0.3) is 0 Å². The number of benzene rings is 1. The first-order valence-corrected chi connectivity index (χ1v) is 7.69. The van der Waals surface area contributed by atoms with Crippen molar-refractivity contribution >= 4 is 15.7 Å². The van der Waals surface area contributed by atoms with Crippen molar-refractivity contribution in [1.82, 2.24) is 10.3 Å². The highest BCUT2D eigenvalue weighted by Gasteiger charge is 2.18. The molecule has 0 aliphatic rings. The van der Waals surface area contributed by atoms with Gasteiger partial charge in [0, 0.05) is 12.7 Å². The summed E-state index contributed by atoms with van der Waals surface area (Å²) in [4.78, 5) is 4.18. The van der Waals surface area contributed by atoms with Gasteiger partial charge in [0.1, 0.15) is 0 Å². The standard InChI is InChI=1S/C14H17N3O2S/c1-11-12(9-15-2)5-3-7-14(11)20(18,19)17-13-6-4-8-16-10-13/h3-8,10,15,17H,9H2,1-2H3. The zero-order valence-corrected chi connectivity index (χ0v) is 12.2. The second-order valence-corrected chi connectivity index (χ2v) is 6.07. The Morgan fingerprint density at radius 1 is 1.20 bits per heavy atom. The van der Waals surface area contributed by atoms with E-state index in [9.17, 15) is 8.42 Å². The van der Waals surface area contributed by atoms with Crippen molar-refractivity contribution in [2.75, 3.05) is 11.8 Å². The van der Waals surface area contributed by atoms with Gasteiger partial charge in [-0.2, -0.15) is 0 Å². The third-order valence-corrected chi connectivity index (χ3v) is 4.49. The Morgan fingerprint density at radius 2 is 2.00 bits per heavy atom. The quantitative estimate of drug-likeness (QED) is 0.883. The molecule has 0 radical (unpaired) electrons. The van der Waals surface area contributed by atoms with Crippen LogP contribution in [0, 0.1) is 6.92 Å². The summed E-state index contributed by atoms with van der Waals surface area (Å²) in [7, 11) is -1.77. The molecule has 0 aliphatic carbocycles. The molecule has 106 valence electrons. The molecule has 0 saturated heterocycles. The molecule has 0 atom stereocenters. The second kappa shape index (κ2) is 6.02. The summed E-state index contributed by atoms with van der Waals surface area (Å²) in [5.74, 6) is 0. The maximum absolute atomic E-state index is 12.4.